The van der Waals surface area contributed by atoms with Gasteiger partial charge in [-0.2, -0.15) is 0 Å². The standard InChI is InChI=1S/C31H26N2O4/c1-19-8-9-21(3)28(16-19)33-30(35)26(29(34)32-31(33)36)17-22-11-14-24(15-12-22)37-18-27-20(2)10-13-23-6-4-5-7-25(23)27/h4-17H,18H2,1-3H3,(H,32,34,36)/b26-17+. The van der Waals surface area contributed by atoms with Gasteiger partial charge in [0.2, 0.25) is 0 Å². The molecule has 0 bridgehead atoms. The molecule has 0 spiro atoms. The van der Waals surface area contributed by atoms with E-state index in [1.54, 1.807) is 30.3 Å². The van der Waals surface area contributed by atoms with Gasteiger partial charge in [-0.1, -0.05) is 60.7 Å². The normalized spacial score (nSPS) is 14.8. The van der Waals surface area contributed by atoms with Crippen LogP contribution in [-0.2, 0) is 16.2 Å². The number of amides is 4. The number of nitrogens with zero attached hydrogens (tertiary/aromatic N) is 1. The molecule has 0 radical (unpaired) electrons. The first-order chi connectivity index (χ1) is 17.8. The number of nitrogens with one attached hydrogen (secondary N) is 1. The van der Waals surface area contributed by atoms with Crippen LogP contribution in [-0.4, -0.2) is 17.8 Å². The summed E-state index contributed by atoms with van der Waals surface area (Å²) in [4.78, 5) is 39.3. The first-order valence-corrected chi connectivity index (χ1v) is 12.0. The van der Waals surface area contributed by atoms with Crippen molar-refractivity contribution in [3.8, 4) is 5.75 Å². The summed E-state index contributed by atoms with van der Waals surface area (Å²) in [5.74, 6) is -0.710. The van der Waals surface area contributed by atoms with Crippen LogP contribution in [0.3, 0.4) is 0 Å². The number of hydrogen-bond donors (Lipinski definition) is 1. The van der Waals surface area contributed by atoms with Gasteiger partial charge >= 0.3 is 6.03 Å². The van der Waals surface area contributed by atoms with Gasteiger partial charge in [0.25, 0.3) is 11.8 Å². The third-order valence-electron chi connectivity index (χ3n) is 6.56. The predicted molar refractivity (Wildman–Crippen MR) is 144 cm³/mol. The Kier molecular flexibility index (Phi) is 6.32. The number of benzene rings is 4. The van der Waals surface area contributed by atoms with Gasteiger partial charge in [0.1, 0.15) is 17.9 Å². The van der Waals surface area contributed by atoms with Crippen LogP contribution in [0.15, 0.2) is 84.4 Å². The number of ether oxygens (including phenoxy) is 1. The molecular weight excluding hydrogens is 464 g/mol. The molecule has 0 aliphatic carbocycles. The van der Waals surface area contributed by atoms with E-state index < -0.39 is 17.8 Å². The topological polar surface area (TPSA) is 75.7 Å². The van der Waals surface area contributed by atoms with Crippen LogP contribution in [0.2, 0.25) is 0 Å². The number of carbonyl (C=O) groups is 3. The van der Waals surface area contributed by atoms with E-state index in [0.717, 1.165) is 37.9 Å². The molecule has 4 aromatic carbocycles. The number of aryl methyl sites for hydroxylation is 3. The Morgan fingerprint density at radius 3 is 2.35 bits per heavy atom. The molecule has 6 nitrogen and oxygen atoms in total. The fraction of sp³-hybridized carbons (Fsp3) is 0.129. The SMILES string of the molecule is Cc1ccc(C)c(N2C(=O)NC(=O)/C(=C\c3ccc(OCc4c(C)ccc5ccccc45)cc3)C2=O)c1. The van der Waals surface area contributed by atoms with Crippen molar-refractivity contribution in [1.82, 2.24) is 5.32 Å². The van der Waals surface area contributed by atoms with E-state index in [0.29, 0.717) is 23.6 Å². The van der Waals surface area contributed by atoms with E-state index in [9.17, 15) is 14.4 Å². The Hall–Kier alpha value is -4.71. The van der Waals surface area contributed by atoms with Gasteiger partial charge in [0.15, 0.2) is 0 Å². The summed E-state index contributed by atoms with van der Waals surface area (Å²) in [7, 11) is 0. The Bertz CT molecular complexity index is 1590. The molecule has 37 heavy (non-hydrogen) atoms. The fourth-order valence-corrected chi connectivity index (χ4v) is 4.46. The van der Waals surface area contributed by atoms with Crippen LogP contribution in [0.5, 0.6) is 5.75 Å². The Morgan fingerprint density at radius 1 is 0.838 bits per heavy atom. The van der Waals surface area contributed by atoms with Crippen molar-refractivity contribution in [3.63, 3.8) is 0 Å². The van der Waals surface area contributed by atoms with Crippen molar-refractivity contribution in [2.45, 2.75) is 27.4 Å². The van der Waals surface area contributed by atoms with Gasteiger partial charge < -0.3 is 4.74 Å². The summed E-state index contributed by atoms with van der Waals surface area (Å²) in [6.45, 7) is 6.18. The zero-order valence-corrected chi connectivity index (χ0v) is 20.9. The molecule has 1 N–H and O–H groups in total. The molecule has 0 aromatic heterocycles. The Balaban J connectivity index is 1.37. The highest BCUT2D eigenvalue weighted by Gasteiger charge is 2.37. The summed E-state index contributed by atoms with van der Waals surface area (Å²) >= 11 is 0. The molecule has 1 aliphatic rings. The van der Waals surface area contributed by atoms with Crippen molar-refractivity contribution in [1.29, 1.82) is 0 Å². The van der Waals surface area contributed by atoms with E-state index in [4.69, 9.17) is 4.74 Å². The fourth-order valence-electron chi connectivity index (χ4n) is 4.46. The zero-order valence-electron chi connectivity index (χ0n) is 20.9. The lowest BCUT2D eigenvalue weighted by Gasteiger charge is -2.27. The molecule has 1 heterocycles. The highest BCUT2D eigenvalue weighted by molar-refractivity contribution is 6.39. The van der Waals surface area contributed by atoms with Crippen molar-refractivity contribution in [3.05, 3.63) is 112 Å². The molecular formula is C31H26N2O4. The number of barbiturate groups is 1. The van der Waals surface area contributed by atoms with Crippen molar-refractivity contribution in [2.75, 3.05) is 4.90 Å². The van der Waals surface area contributed by atoms with Crippen LogP contribution in [0.25, 0.3) is 16.8 Å². The summed E-state index contributed by atoms with van der Waals surface area (Å²) in [6.07, 6.45) is 1.49. The molecule has 1 saturated heterocycles. The first kappa shape index (κ1) is 24.0. The van der Waals surface area contributed by atoms with Crippen LogP contribution >= 0.6 is 0 Å². The number of fused-ring (bicyclic) bond motifs is 1. The zero-order chi connectivity index (χ0) is 26.1. The average molecular weight is 491 g/mol. The van der Waals surface area contributed by atoms with E-state index in [2.05, 4.69) is 36.5 Å². The first-order valence-electron chi connectivity index (χ1n) is 12.0. The summed E-state index contributed by atoms with van der Waals surface area (Å²) in [6, 6.07) is 24.3. The van der Waals surface area contributed by atoms with Crippen LogP contribution in [0.1, 0.15) is 27.8 Å². The van der Waals surface area contributed by atoms with Gasteiger partial charge in [0, 0.05) is 5.56 Å². The lowest BCUT2D eigenvalue weighted by Crippen LogP contribution is -2.54. The van der Waals surface area contributed by atoms with Crippen LogP contribution in [0.4, 0.5) is 10.5 Å². The molecule has 0 saturated carbocycles. The number of urea groups is 1. The minimum Gasteiger partial charge on any atom is -0.489 e. The molecule has 4 aromatic rings. The van der Waals surface area contributed by atoms with E-state index >= 15 is 0 Å². The number of rotatable bonds is 5. The minimum absolute atomic E-state index is 0.111. The van der Waals surface area contributed by atoms with Gasteiger partial charge in [-0.25, -0.2) is 9.69 Å². The number of imide groups is 2. The predicted octanol–water partition coefficient (Wildman–Crippen LogP) is 6.01. The summed E-state index contributed by atoms with van der Waals surface area (Å²) in [5, 5.41) is 4.60. The van der Waals surface area contributed by atoms with Gasteiger partial charge in [-0.05, 0) is 78.1 Å². The summed E-state index contributed by atoms with van der Waals surface area (Å²) in [5.41, 5.74) is 4.93. The van der Waals surface area contributed by atoms with E-state index in [-0.39, 0.29) is 5.57 Å². The molecule has 1 aliphatic heterocycles. The van der Waals surface area contributed by atoms with E-state index in [1.807, 2.05) is 38.1 Å². The van der Waals surface area contributed by atoms with Crippen molar-refractivity contribution in [2.24, 2.45) is 0 Å². The van der Waals surface area contributed by atoms with Crippen LogP contribution in [0, 0.1) is 20.8 Å². The lowest BCUT2D eigenvalue weighted by molar-refractivity contribution is -0.122. The van der Waals surface area contributed by atoms with Crippen LogP contribution < -0.4 is 15.0 Å². The number of hydrogen-bond acceptors (Lipinski definition) is 4. The Labute approximate surface area is 215 Å². The van der Waals surface area contributed by atoms with Crippen molar-refractivity contribution < 1.29 is 19.1 Å². The maximum atomic E-state index is 13.2. The second-order valence-corrected chi connectivity index (χ2v) is 9.19. The van der Waals surface area contributed by atoms with Gasteiger partial charge in [0.05, 0.1) is 5.69 Å². The second kappa shape index (κ2) is 9.74. The van der Waals surface area contributed by atoms with Gasteiger partial charge in [-0.3, -0.25) is 14.9 Å². The maximum Gasteiger partial charge on any atom is 0.335 e. The smallest absolute Gasteiger partial charge is 0.335 e. The number of carbonyl (C=O) groups excluding carboxylic acids is 3. The Morgan fingerprint density at radius 2 is 1.57 bits per heavy atom. The third kappa shape index (κ3) is 4.74. The molecule has 6 heteroatoms. The summed E-state index contributed by atoms with van der Waals surface area (Å²) < 4.78 is 6.06. The molecule has 0 unspecified atom stereocenters. The van der Waals surface area contributed by atoms with Gasteiger partial charge in [-0.15, -0.1) is 0 Å². The largest absolute Gasteiger partial charge is 0.489 e. The maximum absolute atomic E-state index is 13.2. The number of anilines is 1. The molecule has 184 valence electrons. The highest BCUT2D eigenvalue weighted by atomic mass is 16.5. The highest BCUT2D eigenvalue weighted by Crippen LogP contribution is 2.27. The molecule has 0 atom stereocenters. The monoisotopic (exact) mass is 490 g/mol. The second-order valence-electron chi connectivity index (χ2n) is 9.19. The third-order valence-corrected chi connectivity index (χ3v) is 6.56. The average Bonchev–Trinajstić information content (AvgIpc) is 2.88. The quantitative estimate of drug-likeness (QED) is 0.275. The minimum atomic E-state index is -0.756. The van der Waals surface area contributed by atoms with E-state index in [1.165, 1.54) is 6.08 Å². The molecule has 5 rings (SSSR count). The van der Waals surface area contributed by atoms with Crippen molar-refractivity contribution >= 4 is 40.4 Å². The molecule has 4 amide bonds. The lowest BCUT2D eigenvalue weighted by atomic mass is 10.0. The molecule has 1 fully saturated rings.